The Morgan fingerprint density at radius 2 is 2.00 bits per heavy atom. The highest BCUT2D eigenvalue weighted by Gasteiger charge is 2.35. The van der Waals surface area contributed by atoms with Gasteiger partial charge in [0.25, 0.3) is 0 Å². The van der Waals surface area contributed by atoms with Gasteiger partial charge in [0.05, 0.1) is 0 Å². The van der Waals surface area contributed by atoms with E-state index in [4.69, 9.17) is 11.6 Å². The summed E-state index contributed by atoms with van der Waals surface area (Å²) in [4.78, 5) is 0. The van der Waals surface area contributed by atoms with Crippen molar-refractivity contribution >= 4 is 11.6 Å². The first kappa shape index (κ1) is 8.83. The van der Waals surface area contributed by atoms with Gasteiger partial charge in [0, 0.05) is 17.5 Å². The number of hydrogen-bond acceptors (Lipinski definition) is 1. The zero-order chi connectivity index (χ0) is 8.55. The summed E-state index contributed by atoms with van der Waals surface area (Å²) in [7, 11) is 0. The Labute approximate surface area is 79.9 Å². The lowest BCUT2D eigenvalue weighted by Gasteiger charge is -2.42. The molecule has 1 nitrogen and oxygen atoms in total. The molecular formula is C10H18ClN. The molecule has 1 saturated carbocycles. The highest BCUT2D eigenvalue weighted by Crippen LogP contribution is 2.34. The van der Waals surface area contributed by atoms with E-state index in [1.807, 2.05) is 0 Å². The van der Waals surface area contributed by atoms with Crippen molar-refractivity contribution in [3.63, 3.8) is 0 Å². The van der Waals surface area contributed by atoms with Crippen LogP contribution in [-0.4, -0.2) is 17.5 Å². The number of rotatable bonds is 0. The molecule has 70 valence electrons. The Bertz CT molecular complexity index is 160. The third-order valence-electron chi connectivity index (χ3n) is 3.40. The van der Waals surface area contributed by atoms with Gasteiger partial charge in [0.2, 0.25) is 0 Å². The molecule has 1 heterocycles. The second kappa shape index (κ2) is 3.55. The van der Waals surface area contributed by atoms with Crippen LogP contribution in [0.4, 0.5) is 0 Å². The molecule has 4 unspecified atom stereocenters. The number of alkyl halides is 1. The van der Waals surface area contributed by atoms with Gasteiger partial charge in [0.1, 0.15) is 0 Å². The van der Waals surface area contributed by atoms with Gasteiger partial charge in [-0.05, 0) is 38.5 Å². The number of hydrogen-bond donors (Lipinski definition) is 1. The van der Waals surface area contributed by atoms with Gasteiger partial charge in [-0.1, -0.05) is 6.42 Å². The smallest absolute Gasteiger partial charge is 0.0492 e. The Hall–Kier alpha value is 0.250. The molecular weight excluding hydrogens is 170 g/mol. The maximum Gasteiger partial charge on any atom is 0.0492 e. The van der Waals surface area contributed by atoms with Gasteiger partial charge in [0.15, 0.2) is 0 Å². The van der Waals surface area contributed by atoms with E-state index in [2.05, 4.69) is 12.2 Å². The van der Waals surface area contributed by atoms with Crippen molar-refractivity contribution in [2.24, 2.45) is 5.92 Å². The summed E-state index contributed by atoms with van der Waals surface area (Å²) in [5.41, 5.74) is 0. The lowest BCUT2D eigenvalue weighted by Crippen LogP contribution is -2.52. The second-order valence-electron chi connectivity index (χ2n) is 4.38. The van der Waals surface area contributed by atoms with Gasteiger partial charge in [-0.3, -0.25) is 0 Å². The zero-order valence-electron chi connectivity index (χ0n) is 7.72. The van der Waals surface area contributed by atoms with Crippen molar-refractivity contribution in [2.45, 2.75) is 56.5 Å². The number of fused-ring (bicyclic) bond motifs is 1. The van der Waals surface area contributed by atoms with E-state index in [0.29, 0.717) is 17.5 Å². The minimum Gasteiger partial charge on any atom is -0.310 e. The molecule has 2 rings (SSSR count). The molecule has 2 aliphatic rings. The molecule has 0 radical (unpaired) electrons. The summed E-state index contributed by atoms with van der Waals surface area (Å²) in [6, 6.07) is 1.30. The quantitative estimate of drug-likeness (QED) is 0.575. The third-order valence-corrected chi connectivity index (χ3v) is 3.89. The SMILES string of the molecule is CC1CCC2CCCC(Cl)C2N1. The van der Waals surface area contributed by atoms with E-state index < -0.39 is 0 Å². The number of piperidine rings is 1. The minimum absolute atomic E-state index is 0.395. The predicted octanol–water partition coefficient (Wildman–Crippen LogP) is 2.53. The molecule has 1 aliphatic carbocycles. The Balaban J connectivity index is 2.00. The van der Waals surface area contributed by atoms with Crippen LogP contribution in [-0.2, 0) is 0 Å². The van der Waals surface area contributed by atoms with Crippen molar-refractivity contribution < 1.29 is 0 Å². The predicted molar refractivity (Wildman–Crippen MR) is 52.6 cm³/mol. The molecule has 0 aromatic rings. The molecule has 1 saturated heterocycles. The normalized spacial score (nSPS) is 48.5. The molecule has 0 spiro atoms. The largest absolute Gasteiger partial charge is 0.310 e. The summed E-state index contributed by atoms with van der Waals surface area (Å²) >= 11 is 6.29. The van der Waals surface area contributed by atoms with Crippen molar-refractivity contribution in [2.75, 3.05) is 0 Å². The van der Waals surface area contributed by atoms with Gasteiger partial charge in [-0.2, -0.15) is 0 Å². The average molecular weight is 188 g/mol. The summed E-state index contributed by atoms with van der Waals surface area (Å²) < 4.78 is 0. The molecule has 2 fully saturated rings. The van der Waals surface area contributed by atoms with Crippen molar-refractivity contribution in [3.05, 3.63) is 0 Å². The molecule has 0 bridgehead atoms. The van der Waals surface area contributed by atoms with Crippen LogP contribution in [0.15, 0.2) is 0 Å². The first-order valence-corrected chi connectivity index (χ1v) is 5.61. The summed E-state index contributed by atoms with van der Waals surface area (Å²) in [5.74, 6) is 0.873. The summed E-state index contributed by atoms with van der Waals surface area (Å²) in [5, 5.41) is 4.03. The summed E-state index contributed by atoms with van der Waals surface area (Å²) in [6.45, 7) is 2.27. The maximum atomic E-state index is 6.29. The molecule has 1 aliphatic heterocycles. The lowest BCUT2D eigenvalue weighted by molar-refractivity contribution is 0.186. The Morgan fingerprint density at radius 1 is 1.17 bits per heavy atom. The Morgan fingerprint density at radius 3 is 2.83 bits per heavy atom. The first-order valence-electron chi connectivity index (χ1n) is 5.17. The van der Waals surface area contributed by atoms with E-state index in [0.717, 1.165) is 5.92 Å². The van der Waals surface area contributed by atoms with E-state index in [9.17, 15) is 0 Å². The molecule has 0 aromatic carbocycles. The average Bonchev–Trinajstić information content (AvgIpc) is 2.07. The highest BCUT2D eigenvalue weighted by molar-refractivity contribution is 6.21. The molecule has 2 heteroatoms. The van der Waals surface area contributed by atoms with Crippen LogP contribution in [0, 0.1) is 5.92 Å². The van der Waals surface area contributed by atoms with Crippen LogP contribution >= 0.6 is 11.6 Å². The topological polar surface area (TPSA) is 12.0 Å². The van der Waals surface area contributed by atoms with Crippen molar-refractivity contribution in [1.82, 2.24) is 5.32 Å². The monoisotopic (exact) mass is 187 g/mol. The van der Waals surface area contributed by atoms with E-state index >= 15 is 0 Å². The van der Waals surface area contributed by atoms with Gasteiger partial charge >= 0.3 is 0 Å². The van der Waals surface area contributed by atoms with Crippen molar-refractivity contribution in [3.8, 4) is 0 Å². The first-order chi connectivity index (χ1) is 5.77. The fourth-order valence-electron chi connectivity index (χ4n) is 2.67. The minimum atomic E-state index is 0.395. The molecule has 12 heavy (non-hydrogen) atoms. The Kier molecular flexibility index (Phi) is 2.61. The van der Waals surface area contributed by atoms with Crippen LogP contribution in [0.3, 0.4) is 0 Å². The van der Waals surface area contributed by atoms with Crippen LogP contribution in [0.5, 0.6) is 0 Å². The fourth-order valence-corrected chi connectivity index (χ4v) is 3.10. The van der Waals surface area contributed by atoms with Gasteiger partial charge in [-0.15, -0.1) is 11.6 Å². The zero-order valence-corrected chi connectivity index (χ0v) is 8.48. The maximum absolute atomic E-state index is 6.29. The van der Waals surface area contributed by atoms with Gasteiger partial charge < -0.3 is 5.32 Å². The van der Waals surface area contributed by atoms with E-state index in [1.54, 1.807) is 0 Å². The number of halogens is 1. The van der Waals surface area contributed by atoms with Crippen molar-refractivity contribution in [1.29, 1.82) is 0 Å². The fraction of sp³-hybridized carbons (Fsp3) is 1.00. The van der Waals surface area contributed by atoms with Crippen LogP contribution < -0.4 is 5.32 Å². The van der Waals surface area contributed by atoms with Crippen LogP contribution in [0.2, 0.25) is 0 Å². The van der Waals surface area contributed by atoms with Crippen LogP contribution in [0.25, 0.3) is 0 Å². The molecule has 0 aromatic heterocycles. The second-order valence-corrected chi connectivity index (χ2v) is 4.94. The molecule has 0 amide bonds. The van der Waals surface area contributed by atoms with Crippen LogP contribution in [0.1, 0.15) is 39.0 Å². The molecule has 4 atom stereocenters. The molecule has 1 N–H and O–H groups in total. The third kappa shape index (κ3) is 1.62. The highest BCUT2D eigenvalue weighted by atomic mass is 35.5. The summed E-state index contributed by atoms with van der Waals surface area (Å²) in [6.07, 6.45) is 6.67. The number of nitrogens with one attached hydrogen (secondary N) is 1. The van der Waals surface area contributed by atoms with E-state index in [1.165, 1.54) is 32.1 Å². The standard InChI is InChI=1S/C10H18ClN/c1-7-5-6-8-3-2-4-9(11)10(8)12-7/h7-10,12H,2-6H2,1H3. The van der Waals surface area contributed by atoms with Gasteiger partial charge in [-0.25, -0.2) is 0 Å². The van der Waals surface area contributed by atoms with E-state index in [-0.39, 0.29) is 0 Å². The lowest BCUT2D eigenvalue weighted by atomic mass is 9.78.